The Morgan fingerprint density at radius 3 is 2.67 bits per heavy atom. The van der Waals surface area contributed by atoms with E-state index < -0.39 is 11.8 Å². The average Bonchev–Trinajstić information content (AvgIpc) is 2.58. The Labute approximate surface area is 168 Å². The van der Waals surface area contributed by atoms with Crippen molar-refractivity contribution in [3.63, 3.8) is 0 Å². The number of carbonyl (C=O) groups is 2. The van der Waals surface area contributed by atoms with E-state index in [1.807, 2.05) is 20.8 Å². The number of thiocarbonyl (C=S) groups is 1. The molecule has 0 aliphatic carbocycles. The molecule has 6 nitrogen and oxygen atoms in total. The van der Waals surface area contributed by atoms with Gasteiger partial charge in [0.25, 0.3) is 11.8 Å². The average molecular weight is 409 g/mol. The molecule has 1 saturated heterocycles. The molecule has 8 heteroatoms. The zero-order valence-corrected chi connectivity index (χ0v) is 16.9. The van der Waals surface area contributed by atoms with Crippen LogP contribution in [-0.2, 0) is 9.59 Å². The lowest BCUT2D eigenvalue weighted by molar-refractivity contribution is -0.128. The monoisotopic (exact) mass is 408 g/mol. The topological polar surface area (TPSA) is 67.9 Å². The molecular weight excluding hydrogens is 388 g/mol. The first kappa shape index (κ1) is 20.9. The van der Waals surface area contributed by atoms with E-state index in [9.17, 15) is 9.59 Å². The number of rotatable bonds is 7. The number of halogens is 1. The number of hydrogen-bond acceptors (Lipinski definition) is 5. The Morgan fingerprint density at radius 2 is 2.07 bits per heavy atom. The second-order valence-electron chi connectivity index (χ2n) is 5.95. The standard InChI is InChI=1S/C19H21ClN2O4S/c1-5-7-22-18(24)13(17(23)21-19(22)27)8-12-9-14(20)16(26-11(3)4)15(10-12)25-6-2/h5,8-11H,1,6-7H2,2-4H3,(H,21,23,27)/b13-8-. The predicted molar refractivity (Wildman–Crippen MR) is 109 cm³/mol. The Kier molecular flexibility index (Phi) is 6.98. The molecule has 0 atom stereocenters. The molecule has 0 radical (unpaired) electrons. The molecule has 27 heavy (non-hydrogen) atoms. The van der Waals surface area contributed by atoms with Crippen LogP contribution in [0.15, 0.2) is 30.4 Å². The van der Waals surface area contributed by atoms with E-state index in [4.69, 9.17) is 33.3 Å². The quantitative estimate of drug-likeness (QED) is 0.324. The minimum Gasteiger partial charge on any atom is -0.490 e. The van der Waals surface area contributed by atoms with Gasteiger partial charge in [-0.15, -0.1) is 6.58 Å². The largest absolute Gasteiger partial charge is 0.490 e. The van der Waals surface area contributed by atoms with Crippen molar-refractivity contribution in [3.05, 3.63) is 40.9 Å². The lowest BCUT2D eigenvalue weighted by atomic mass is 10.1. The lowest BCUT2D eigenvalue weighted by Crippen LogP contribution is -2.53. The summed E-state index contributed by atoms with van der Waals surface area (Å²) in [4.78, 5) is 26.1. The van der Waals surface area contributed by atoms with Gasteiger partial charge in [-0.2, -0.15) is 0 Å². The zero-order chi connectivity index (χ0) is 20.1. The summed E-state index contributed by atoms with van der Waals surface area (Å²) in [6, 6.07) is 3.28. The molecule has 1 aromatic carbocycles. The SMILES string of the molecule is C=CCN1C(=O)/C(=C\c2cc(Cl)c(OC(C)C)c(OCC)c2)C(=O)NC1=S. The van der Waals surface area contributed by atoms with Gasteiger partial charge < -0.3 is 9.47 Å². The number of hydrogen-bond donors (Lipinski definition) is 1. The maximum absolute atomic E-state index is 12.6. The normalized spacial score (nSPS) is 16.0. The summed E-state index contributed by atoms with van der Waals surface area (Å²) in [5.41, 5.74) is 0.478. The molecule has 0 saturated carbocycles. The fourth-order valence-electron chi connectivity index (χ4n) is 2.44. The number of carbonyl (C=O) groups excluding carboxylic acids is 2. The summed E-state index contributed by atoms with van der Waals surface area (Å²) in [7, 11) is 0. The summed E-state index contributed by atoms with van der Waals surface area (Å²) in [6.07, 6.45) is 2.88. The third-order valence-electron chi connectivity index (χ3n) is 3.49. The van der Waals surface area contributed by atoms with Gasteiger partial charge in [0.05, 0.1) is 17.7 Å². The van der Waals surface area contributed by atoms with Crippen molar-refractivity contribution in [1.82, 2.24) is 10.2 Å². The minimum atomic E-state index is -0.568. The van der Waals surface area contributed by atoms with E-state index in [-0.39, 0.29) is 23.3 Å². The number of amides is 2. The lowest BCUT2D eigenvalue weighted by Gasteiger charge is -2.27. The van der Waals surface area contributed by atoms with E-state index in [0.717, 1.165) is 0 Å². The van der Waals surface area contributed by atoms with Crippen molar-refractivity contribution >= 4 is 46.8 Å². The molecule has 0 unspecified atom stereocenters. The maximum Gasteiger partial charge on any atom is 0.265 e. The predicted octanol–water partition coefficient (Wildman–Crippen LogP) is 3.34. The third-order valence-corrected chi connectivity index (χ3v) is 4.10. The van der Waals surface area contributed by atoms with Crippen molar-refractivity contribution in [2.75, 3.05) is 13.2 Å². The molecule has 1 aliphatic rings. The molecular formula is C19H21ClN2O4S. The fourth-order valence-corrected chi connectivity index (χ4v) is 2.95. The number of ether oxygens (including phenoxy) is 2. The molecule has 1 aromatic rings. The van der Waals surface area contributed by atoms with Crippen LogP contribution in [0, 0.1) is 0 Å². The summed E-state index contributed by atoms with van der Waals surface area (Å²) < 4.78 is 11.3. The van der Waals surface area contributed by atoms with Gasteiger partial charge in [-0.1, -0.05) is 17.7 Å². The van der Waals surface area contributed by atoms with Gasteiger partial charge in [0, 0.05) is 6.54 Å². The molecule has 0 aromatic heterocycles. The van der Waals surface area contributed by atoms with Gasteiger partial charge in [-0.25, -0.2) is 0 Å². The first-order valence-corrected chi connectivity index (χ1v) is 9.19. The van der Waals surface area contributed by atoms with E-state index >= 15 is 0 Å². The highest BCUT2D eigenvalue weighted by Gasteiger charge is 2.32. The van der Waals surface area contributed by atoms with Crippen LogP contribution in [0.4, 0.5) is 0 Å². The number of nitrogens with one attached hydrogen (secondary N) is 1. The van der Waals surface area contributed by atoms with Crippen LogP contribution in [0.2, 0.25) is 5.02 Å². The first-order valence-electron chi connectivity index (χ1n) is 8.41. The summed E-state index contributed by atoms with van der Waals surface area (Å²) in [5, 5.41) is 2.87. The summed E-state index contributed by atoms with van der Waals surface area (Å²) >= 11 is 11.4. The Hall–Kier alpha value is -2.38. The number of nitrogens with zero attached hydrogens (tertiary/aromatic N) is 1. The van der Waals surface area contributed by atoms with Crippen LogP contribution in [0.25, 0.3) is 6.08 Å². The van der Waals surface area contributed by atoms with Gasteiger partial charge in [-0.05, 0) is 56.8 Å². The van der Waals surface area contributed by atoms with Crippen molar-refractivity contribution in [2.24, 2.45) is 0 Å². The molecule has 1 N–H and O–H groups in total. The molecule has 144 valence electrons. The zero-order valence-electron chi connectivity index (χ0n) is 15.4. The van der Waals surface area contributed by atoms with E-state index in [2.05, 4.69) is 11.9 Å². The van der Waals surface area contributed by atoms with E-state index in [1.54, 1.807) is 12.1 Å². The smallest absolute Gasteiger partial charge is 0.265 e. The van der Waals surface area contributed by atoms with Crippen molar-refractivity contribution in [1.29, 1.82) is 0 Å². The van der Waals surface area contributed by atoms with Crippen molar-refractivity contribution < 1.29 is 19.1 Å². The second-order valence-corrected chi connectivity index (χ2v) is 6.75. The van der Waals surface area contributed by atoms with Crippen LogP contribution in [0.1, 0.15) is 26.3 Å². The molecule has 0 spiro atoms. The van der Waals surface area contributed by atoms with Gasteiger partial charge >= 0.3 is 0 Å². The Balaban J connectivity index is 2.47. The highest BCUT2D eigenvalue weighted by molar-refractivity contribution is 7.80. The minimum absolute atomic E-state index is 0.0516. The highest BCUT2D eigenvalue weighted by atomic mass is 35.5. The van der Waals surface area contributed by atoms with Crippen LogP contribution in [0.5, 0.6) is 11.5 Å². The van der Waals surface area contributed by atoms with Crippen LogP contribution >= 0.6 is 23.8 Å². The van der Waals surface area contributed by atoms with Crippen LogP contribution < -0.4 is 14.8 Å². The second kappa shape index (κ2) is 9.01. The maximum atomic E-state index is 12.6. The van der Waals surface area contributed by atoms with Gasteiger partial charge in [-0.3, -0.25) is 19.8 Å². The van der Waals surface area contributed by atoms with Gasteiger partial charge in [0.2, 0.25) is 0 Å². The van der Waals surface area contributed by atoms with Crippen molar-refractivity contribution in [2.45, 2.75) is 26.9 Å². The molecule has 0 bridgehead atoms. The highest BCUT2D eigenvalue weighted by Crippen LogP contribution is 2.38. The number of benzene rings is 1. The summed E-state index contributed by atoms with van der Waals surface area (Å²) in [5.74, 6) is -0.209. The fraction of sp³-hybridized carbons (Fsp3) is 0.316. The molecule has 1 aliphatic heterocycles. The van der Waals surface area contributed by atoms with Crippen LogP contribution in [-0.4, -0.2) is 41.1 Å². The molecule has 1 heterocycles. The Bertz CT molecular complexity index is 820. The van der Waals surface area contributed by atoms with Gasteiger partial charge in [0.15, 0.2) is 16.6 Å². The van der Waals surface area contributed by atoms with E-state index in [1.165, 1.54) is 17.1 Å². The summed E-state index contributed by atoms with van der Waals surface area (Å²) in [6.45, 7) is 9.80. The molecule has 2 amide bonds. The molecule has 2 rings (SSSR count). The van der Waals surface area contributed by atoms with Crippen LogP contribution in [0.3, 0.4) is 0 Å². The first-order chi connectivity index (χ1) is 12.8. The Morgan fingerprint density at radius 1 is 1.37 bits per heavy atom. The van der Waals surface area contributed by atoms with Crippen molar-refractivity contribution in [3.8, 4) is 11.5 Å². The third kappa shape index (κ3) is 4.87. The van der Waals surface area contributed by atoms with Gasteiger partial charge in [0.1, 0.15) is 5.57 Å². The van der Waals surface area contributed by atoms with E-state index in [0.29, 0.717) is 28.7 Å². The molecule has 1 fully saturated rings.